The van der Waals surface area contributed by atoms with Crippen molar-refractivity contribution in [3.05, 3.63) is 0 Å². The fraction of sp³-hybridized carbons (Fsp3) is 0.900. The van der Waals surface area contributed by atoms with E-state index >= 15 is 0 Å². The molecule has 1 rings (SSSR count). The van der Waals surface area contributed by atoms with Gasteiger partial charge in [0, 0.05) is 0 Å². The first-order valence-electron chi connectivity index (χ1n) is 10.3. The zero-order valence-electron chi connectivity index (χ0n) is 16.7. The summed E-state index contributed by atoms with van der Waals surface area (Å²) in [5.74, 6) is 0.386. The predicted molar refractivity (Wildman–Crippen MR) is 99.1 cm³/mol. The van der Waals surface area contributed by atoms with Gasteiger partial charge in [-0.15, -0.1) is 0 Å². The number of hydrogen-bond donors (Lipinski definition) is 0. The molecule has 0 heterocycles. The van der Waals surface area contributed by atoms with Gasteiger partial charge in [0.05, 0.1) is 13.2 Å². The SMILES string of the molecule is CCCCCC(CCC)COC(=O)OC1CCCCC1OC(=O)OCC. The Balaban J connectivity index is 2.41. The number of carbonyl (C=O) groups excluding carboxylic acids is 2. The summed E-state index contributed by atoms with van der Waals surface area (Å²) in [6.07, 6.45) is 7.71. The molecule has 0 saturated heterocycles. The highest BCUT2D eigenvalue weighted by atomic mass is 16.8. The summed E-state index contributed by atoms with van der Waals surface area (Å²) in [5.41, 5.74) is 0. The van der Waals surface area contributed by atoms with Crippen LogP contribution in [0, 0.1) is 5.92 Å². The Labute approximate surface area is 157 Å². The van der Waals surface area contributed by atoms with Gasteiger partial charge in [0.1, 0.15) is 12.2 Å². The largest absolute Gasteiger partial charge is 0.508 e. The number of ether oxygens (including phenoxy) is 4. The van der Waals surface area contributed by atoms with E-state index in [-0.39, 0.29) is 6.61 Å². The van der Waals surface area contributed by atoms with Crippen LogP contribution in [-0.4, -0.2) is 37.7 Å². The minimum Gasteiger partial charge on any atom is -0.435 e. The van der Waals surface area contributed by atoms with E-state index in [0.29, 0.717) is 25.4 Å². The highest BCUT2D eigenvalue weighted by Gasteiger charge is 2.32. The van der Waals surface area contributed by atoms with Crippen molar-refractivity contribution in [2.24, 2.45) is 5.92 Å². The summed E-state index contributed by atoms with van der Waals surface area (Å²) in [6.45, 7) is 6.70. The van der Waals surface area contributed by atoms with Crippen LogP contribution in [0.1, 0.15) is 85.0 Å². The van der Waals surface area contributed by atoms with Crippen molar-refractivity contribution in [2.45, 2.75) is 97.2 Å². The molecule has 0 aliphatic heterocycles. The maximum absolute atomic E-state index is 12.1. The van der Waals surface area contributed by atoms with Gasteiger partial charge < -0.3 is 18.9 Å². The molecule has 6 heteroatoms. The van der Waals surface area contributed by atoms with Crippen molar-refractivity contribution in [1.82, 2.24) is 0 Å². The van der Waals surface area contributed by atoms with Gasteiger partial charge in [-0.3, -0.25) is 0 Å². The Kier molecular flexibility index (Phi) is 11.9. The maximum atomic E-state index is 12.1. The lowest BCUT2D eigenvalue weighted by Crippen LogP contribution is -2.38. The molecule has 0 aromatic rings. The first-order chi connectivity index (χ1) is 12.6. The third-order valence-corrected chi connectivity index (χ3v) is 4.75. The molecule has 0 N–H and O–H groups in total. The smallest absolute Gasteiger partial charge is 0.435 e. The zero-order valence-corrected chi connectivity index (χ0v) is 16.7. The third-order valence-electron chi connectivity index (χ3n) is 4.75. The van der Waals surface area contributed by atoms with Crippen LogP contribution in [0.4, 0.5) is 9.59 Å². The van der Waals surface area contributed by atoms with Gasteiger partial charge in [-0.1, -0.05) is 39.5 Å². The second-order valence-corrected chi connectivity index (χ2v) is 6.99. The molecular formula is C20H36O6. The minimum absolute atomic E-state index is 0.260. The van der Waals surface area contributed by atoms with Crippen molar-refractivity contribution in [1.29, 1.82) is 0 Å². The van der Waals surface area contributed by atoms with Gasteiger partial charge in [-0.25, -0.2) is 9.59 Å². The standard InChI is InChI=1S/C20H36O6/c1-4-7-8-12-16(11-5-2)15-24-20(22)26-18-14-10-9-13-17(18)25-19(21)23-6-3/h16-18H,4-15H2,1-3H3. The third kappa shape index (κ3) is 9.30. The van der Waals surface area contributed by atoms with Crippen LogP contribution in [0.25, 0.3) is 0 Å². The number of hydrogen-bond acceptors (Lipinski definition) is 6. The van der Waals surface area contributed by atoms with Crippen molar-refractivity contribution in [2.75, 3.05) is 13.2 Å². The monoisotopic (exact) mass is 372 g/mol. The second kappa shape index (κ2) is 13.7. The van der Waals surface area contributed by atoms with Crippen LogP contribution in [-0.2, 0) is 18.9 Å². The van der Waals surface area contributed by atoms with Crippen molar-refractivity contribution < 1.29 is 28.5 Å². The van der Waals surface area contributed by atoms with Gasteiger partial charge in [0.15, 0.2) is 0 Å². The second-order valence-electron chi connectivity index (χ2n) is 6.99. The van der Waals surface area contributed by atoms with Crippen molar-refractivity contribution in [3.8, 4) is 0 Å². The first-order valence-corrected chi connectivity index (χ1v) is 10.3. The summed E-state index contributed by atoms with van der Waals surface area (Å²) in [5, 5.41) is 0. The van der Waals surface area contributed by atoms with E-state index in [1.54, 1.807) is 6.92 Å². The summed E-state index contributed by atoms with van der Waals surface area (Å²) in [4.78, 5) is 23.6. The average Bonchev–Trinajstić information content (AvgIpc) is 2.62. The van der Waals surface area contributed by atoms with Crippen LogP contribution >= 0.6 is 0 Å². The zero-order chi connectivity index (χ0) is 19.2. The quantitative estimate of drug-likeness (QED) is 0.346. The van der Waals surface area contributed by atoms with Gasteiger partial charge in [-0.05, 0) is 51.4 Å². The van der Waals surface area contributed by atoms with Crippen LogP contribution in [0.15, 0.2) is 0 Å². The lowest BCUT2D eigenvalue weighted by atomic mass is 9.94. The molecule has 1 aliphatic rings. The van der Waals surface area contributed by atoms with E-state index in [4.69, 9.17) is 18.9 Å². The van der Waals surface area contributed by atoms with Crippen molar-refractivity contribution in [3.63, 3.8) is 0 Å². The molecule has 6 nitrogen and oxygen atoms in total. The molecule has 0 spiro atoms. The van der Waals surface area contributed by atoms with E-state index in [2.05, 4.69) is 13.8 Å². The summed E-state index contributed by atoms with van der Waals surface area (Å²) >= 11 is 0. The molecule has 3 atom stereocenters. The molecule has 0 radical (unpaired) electrons. The topological polar surface area (TPSA) is 71.1 Å². The van der Waals surface area contributed by atoms with Crippen molar-refractivity contribution >= 4 is 12.3 Å². The molecule has 3 unspecified atom stereocenters. The van der Waals surface area contributed by atoms with Gasteiger partial charge in [0.2, 0.25) is 0 Å². The fourth-order valence-electron chi connectivity index (χ4n) is 3.35. The lowest BCUT2D eigenvalue weighted by molar-refractivity contribution is -0.0723. The molecular weight excluding hydrogens is 336 g/mol. The Morgan fingerprint density at radius 2 is 1.46 bits per heavy atom. The predicted octanol–water partition coefficient (Wildman–Crippen LogP) is 5.62. The summed E-state index contributed by atoms with van der Waals surface area (Å²) in [6, 6.07) is 0. The molecule has 0 aromatic carbocycles. The molecule has 1 fully saturated rings. The highest BCUT2D eigenvalue weighted by molar-refractivity contribution is 5.61. The Bertz CT molecular complexity index is 398. The van der Waals surface area contributed by atoms with Gasteiger partial charge in [-0.2, -0.15) is 0 Å². The average molecular weight is 373 g/mol. The molecule has 0 amide bonds. The summed E-state index contributed by atoms with van der Waals surface area (Å²) in [7, 11) is 0. The van der Waals surface area contributed by atoms with E-state index in [0.717, 1.165) is 38.5 Å². The van der Waals surface area contributed by atoms with Gasteiger partial charge >= 0.3 is 12.3 Å². The molecule has 1 saturated carbocycles. The highest BCUT2D eigenvalue weighted by Crippen LogP contribution is 2.25. The first kappa shape index (κ1) is 22.6. The lowest BCUT2D eigenvalue weighted by Gasteiger charge is -2.30. The van der Waals surface area contributed by atoms with Crippen LogP contribution in [0.2, 0.25) is 0 Å². The van der Waals surface area contributed by atoms with Gasteiger partial charge in [0.25, 0.3) is 0 Å². The molecule has 0 bridgehead atoms. The van der Waals surface area contributed by atoms with Crippen LogP contribution in [0.5, 0.6) is 0 Å². The molecule has 152 valence electrons. The molecule has 26 heavy (non-hydrogen) atoms. The Morgan fingerprint density at radius 3 is 2.00 bits per heavy atom. The van der Waals surface area contributed by atoms with E-state index in [9.17, 15) is 9.59 Å². The molecule has 1 aliphatic carbocycles. The van der Waals surface area contributed by atoms with E-state index in [1.165, 1.54) is 12.8 Å². The Morgan fingerprint density at radius 1 is 0.846 bits per heavy atom. The van der Waals surface area contributed by atoms with E-state index in [1.807, 2.05) is 0 Å². The number of carbonyl (C=O) groups is 2. The Hall–Kier alpha value is -1.46. The normalized spacial score (nSPS) is 20.9. The number of unbranched alkanes of at least 4 members (excludes halogenated alkanes) is 2. The van der Waals surface area contributed by atoms with Crippen LogP contribution < -0.4 is 0 Å². The summed E-state index contributed by atoms with van der Waals surface area (Å²) < 4.78 is 20.9. The molecule has 0 aromatic heterocycles. The van der Waals surface area contributed by atoms with E-state index < -0.39 is 24.5 Å². The van der Waals surface area contributed by atoms with Crippen LogP contribution in [0.3, 0.4) is 0 Å². The minimum atomic E-state index is -0.708. The fourth-order valence-corrected chi connectivity index (χ4v) is 3.35. The number of rotatable bonds is 11. The maximum Gasteiger partial charge on any atom is 0.508 e.